The van der Waals surface area contributed by atoms with E-state index in [0.717, 1.165) is 37.3 Å². The van der Waals surface area contributed by atoms with Gasteiger partial charge in [-0.25, -0.2) is 17.5 Å². The van der Waals surface area contributed by atoms with Crippen LogP contribution in [0.4, 0.5) is 10.5 Å². The molecule has 2 N–H and O–H groups in total. The van der Waals surface area contributed by atoms with Crippen molar-refractivity contribution in [3.8, 4) is 0 Å². The van der Waals surface area contributed by atoms with Crippen LogP contribution in [0.25, 0.3) is 0 Å². The molecule has 6 aliphatic rings. The molecule has 0 aromatic heterocycles. The number of nitrogens with one attached hydrogen (secondary N) is 2. The third kappa shape index (κ3) is 7.74. The van der Waals surface area contributed by atoms with Gasteiger partial charge in [0.05, 0.1) is 0 Å². The Morgan fingerprint density at radius 1 is 1.04 bits per heavy atom. The summed E-state index contributed by atoms with van der Waals surface area (Å²) in [5.74, 6) is -0.318. The first-order chi connectivity index (χ1) is 25.1. The van der Waals surface area contributed by atoms with Crippen molar-refractivity contribution in [3.05, 3.63) is 65.6 Å². The number of sulfonamides is 1. The largest absolute Gasteiger partial charge is 0.488 e. The van der Waals surface area contributed by atoms with Crippen LogP contribution >= 0.6 is 0 Å². The van der Waals surface area contributed by atoms with Gasteiger partial charge in [0.1, 0.15) is 28.3 Å². The van der Waals surface area contributed by atoms with Crippen LogP contribution in [0.2, 0.25) is 0 Å². The molecule has 4 amide bonds. The monoisotopic (exact) mass is 750 g/mol. The molecule has 5 heterocycles. The van der Waals surface area contributed by atoms with E-state index in [4.69, 9.17) is 9.47 Å². The van der Waals surface area contributed by atoms with Gasteiger partial charge in [0, 0.05) is 75.2 Å². The normalized spacial score (nSPS) is 27.6. The number of hydrogen-bond acceptors (Lipinski definition) is 10. The van der Waals surface area contributed by atoms with Crippen molar-refractivity contribution in [2.45, 2.75) is 107 Å². The van der Waals surface area contributed by atoms with E-state index < -0.39 is 38.4 Å². The molecule has 3 unspecified atom stereocenters. The van der Waals surface area contributed by atoms with Gasteiger partial charge >= 0.3 is 6.09 Å². The van der Waals surface area contributed by atoms with E-state index in [0.29, 0.717) is 56.6 Å². The number of likely N-dealkylation sites (tertiary alicyclic amines) is 1. The zero-order valence-corrected chi connectivity index (χ0v) is 31.7. The van der Waals surface area contributed by atoms with E-state index in [2.05, 4.69) is 32.7 Å². The van der Waals surface area contributed by atoms with Crippen molar-refractivity contribution in [1.29, 1.82) is 0 Å². The predicted octanol–water partition coefficient (Wildman–Crippen LogP) is 3.16. The zero-order chi connectivity index (χ0) is 37.7. The number of carbonyl (C=O) groups excluding carboxylic acids is 4. The van der Waals surface area contributed by atoms with Crippen molar-refractivity contribution in [2.24, 2.45) is 0 Å². The lowest BCUT2D eigenvalue weighted by Gasteiger charge is -2.45. The molecule has 3 saturated heterocycles. The van der Waals surface area contributed by atoms with Crippen molar-refractivity contribution in [2.75, 3.05) is 37.6 Å². The Hall–Kier alpha value is -4.21. The minimum atomic E-state index is -3.69. The predicted molar refractivity (Wildman–Crippen MR) is 197 cm³/mol. The summed E-state index contributed by atoms with van der Waals surface area (Å²) in [5, 5.41) is 5.22. The summed E-state index contributed by atoms with van der Waals surface area (Å²) in [6.07, 6.45) is 12.1. The quantitative estimate of drug-likeness (QED) is 0.379. The lowest BCUT2D eigenvalue weighted by Crippen LogP contribution is -2.57. The highest BCUT2D eigenvalue weighted by molar-refractivity contribution is 7.90. The Kier molecular flexibility index (Phi) is 9.96. The average molecular weight is 751 g/mol. The first-order valence-electron chi connectivity index (χ1n) is 18.6. The minimum absolute atomic E-state index is 0.0429. The third-order valence-corrected chi connectivity index (χ3v) is 13.5. The number of ether oxygens (including phenoxy) is 2. The number of hydrogen-bond donors (Lipinski definition) is 2. The van der Waals surface area contributed by atoms with Gasteiger partial charge < -0.3 is 24.6 Å². The fourth-order valence-corrected chi connectivity index (χ4v) is 9.84. The van der Waals surface area contributed by atoms with Gasteiger partial charge in [-0.05, 0) is 95.7 Å². The highest BCUT2D eigenvalue weighted by Gasteiger charge is 2.45. The number of allylic oxidation sites excluding steroid dienone is 2. The summed E-state index contributed by atoms with van der Waals surface area (Å²) in [6.45, 7) is 10.4. The maximum Gasteiger partial charge on any atom is 0.407 e. The second-order valence-corrected chi connectivity index (χ2v) is 18.5. The van der Waals surface area contributed by atoms with E-state index in [1.54, 1.807) is 17.9 Å². The molecule has 15 heteroatoms. The number of alkyl carbamates (subject to hydrolysis) is 1. The Balaban J connectivity index is 0.889. The van der Waals surface area contributed by atoms with E-state index in [1.165, 1.54) is 4.31 Å². The number of fused-ring (bicyclic) bond motifs is 1. The molecule has 1 aromatic rings. The van der Waals surface area contributed by atoms with Crippen molar-refractivity contribution < 1.29 is 37.1 Å². The first kappa shape index (κ1) is 37.1. The molecule has 0 saturated carbocycles. The van der Waals surface area contributed by atoms with Crippen LogP contribution in [0.5, 0.6) is 0 Å². The summed E-state index contributed by atoms with van der Waals surface area (Å²) < 4.78 is 39.8. The SMILES string of the molecule is CC(C)(C)OC(=O)NC1CCN(S(=O)(=O)C2(C)C=C(OC3CN(C4C=CN(c5ccc6c(c5)CN(C5CCC(=O)NC5=O)C6=O)CC4)C3)C=CC2)CC1. The molecule has 286 valence electrons. The molecule has 0 bridgehead atoms. The molecule has 0 radical (unpaired) electrons. The molecule has 0 spiro atoms. The topological polar surface area (TPSA) is 158 Å². The van der Waals surface area contributed by atoms with E-state index in [1.807, 2.05) is 51.1 Å². The van der Waals surface area contributed by atoms with Crippen molar-refractivity contribution in [3.63, 3.8) is 0 Å². The van der Waals surface area contributed by atoms with Crippen LogP contribution < -0.4 is 15.5 Å². The van der Waals surface area contributed by atoms with Crippen LogP contribution in [-0.2, 0) is 35.6 Å². The fourth-order valence-electron chi connectivity index (χ4n) is 7.99. The summed E-state index contributed by atoms with van der Waals surface area (Å²) in [5.41, 5.74) is 1.86. The van der Waals surface area contributed by atoms with Gasteiger partial charge in [0.15, 0.2) is 0 Å². The van der Waals surface area contributed by atoms with Gasteiger partial charge in [-0.15, -0.1) is 0 Å². The summed E-state index contributed by atoms with van der Waals surface area (Å²) in [4.78, 5) is 55.4. The number of benzene rings is 1. The standard InChI is InChI=1S/C38H50N6O8S/c1-37(2,3)52-36(48)39-26-11-18-43(19-12-26)53(49,50)38(4)15-5-6-29(21-38)51-30-23-42(24-30)27-13-16-41(17-14-27)28-7-8-31-25(20-28)22-44(35(31)47)32-9-10-33(45)40-34(32)46/h5-8,13,16,20-21,26-27,30,32H,9-12,14-15,17-19,22-24H2,1-4H3,(H,39,48)(H,40,45,46). The van der Waals surface area contributed by atoms with E-state index >= 15 is 0 Å². The fraction of sp³-hybridized carbons (Fsp3) is 0.579. The number of nitrogens with zero attached hydrogens (tertiary/aromatic N) is 4. The molecule has 3 fully saturated rings. The summed E-state index contributed by atoms with van der Waals surface area (Å²) >= 11 is 0. The number of rotatable bonds is 8. The smallest absolute Gasteiger partial charge is 0.407 e. The van der Waals surface area contributed by atoms with Gasteiger partial charge in [0.2, 0.25) is 21.8 Å². The summed E-state index contributed by atoms with van der Waals surface area (Å²) in [7, 11) is -3.69. The average Bonchev–Trinajstić information content (AvgIpc) is 3.40. The molecule has 5 aliphatic heterocycles. The lowest BCUT2D eigenvalue weighted by molar-refractivity contribution is -0.136. The number of anilines is 1. The zero-order valence-electron chi connectivity index (χ0n) is 30.9. The summed E-state index contributed by atoms with van der Waals surface area (Å²) in [6, 6.07) is 5.26. The lowest BCUT2D eigenvalue weighted by atomic mass is 10.00. The van der Waals surface area contributed by atoms with Crippen LogP contribution in [0.1, 0.15) is 82.1 Å². The van der Waals surface area contributed by atoms with Crippen LogP contribution in [0.3, 0.4) is 0 Å². The van der Waals surface area contributed by atoms with Crippen molar-refractivity contribution >= 4 is 39.5 Å². The second kappa shape index (κ2) is 14.2. The number of imide groups is 1. The van der Waals surface area contributed by atoms with Gasteiger partial charge in [-0.2, -0.15) is 0 Å². The van der Waals surface area contributed by atoms with Gasteiger partial charge in [-0.1, -0.05) is 12.2 Å². The molecule has 1 aromatic carbocycles. The number of amides is 4. The number of carbonyl (C=O) groups is 4. The Morgan fingerprint density at radius 2 is 1.79 bits per heavy atom. The Labute approximate surface area is 311 Å². The Bertz CT molecular complexity index is 1860. The number of piperidine rings is 2. The maximum atomic E-state index is 13.9. The molecular formula is C38H50N6O8S. The van der Waals surface area contributed by atoms with Crippen LogP contribution in [-0.4, -0.2) is 114 Å². The molecule has 53 heavy (non-hydrogen) atoms. The maximum absolute atomic E-state index is 13.9. The van der Waals surface area contributed by atoms with Gasteiger partial charge in [0.25, 0.3) is 5.91 Å². The third-order valence-electron chi connectivity index (χ3n) is 11.0. The Morgan fingerprint density at radius 3 is 2.47 bits per heavy atom. The molecular weight excluding hydrogens is 701 g/mol. The molecule has 1 aliphatic carbocycles. The highest BCUT2D eigenvalue weighted by Crippen LogP contribution is 2.36. The van der Waals surface area contributed by atoms with Crippen LogP contribution in [0, 0.1) is 0 Å². The molecule has 3 atom stereocenters. The first-order valence-corrected chi connectivity index (χ1v) is 20.0. The van der Waals surface area contributed by atoms with E-state index in [9.17, 15) is 27.6 Å². The van der Waals surface area contributed by atoms with Crippen LogP contribution in [0.15, 0.2) is 54.5 Å². The second-order valence-electron chi connectivity index (χ2n) is 16.1. The minimum Gasteiger partial charge on any atom is -0.488 e. The van der Waals surface area contributed by atoms with Crippen molar-refractivity contribution in [1.82, 2.24) is 24.7 Å². The molecule has 14 nitrogen and oxygen atoms in total. The molecule has 7 rings (SSSR count). The van der Waals surface area contributed by atoms with E-state index in [-0.39, 0.29) is 36.4 Å². The highest BCUT2D eigenvalue weighted by atomic mass is 32.2. The van der Waals surface area contributed by atoms with Gasteiger partial charge in [-0.3, -0.25) is 24.6 Å².